The van der Waals surface area contributed by atoms with E-state index in [2.05, 4.69) is 205 Å². The van der Waals surface area contributed by atoms with Gasteiger partial charge >= 0.3 is 0 Å². The van der Waals surface area contributed by atoms with Crippen molar-refractivity contribution in [2.45, 2.75) is 0 Å². The van der Waals surface area contributed by atoms with Gasteiger partial charge < -0.3 is 4.90 Å². The van der Waals surface area contributed by atoms with E-state index >= 15 is 0 Å². The lowest BCUT2D eigenvalue weighted by Crippen LogP contribution is -2.10. The second-order valence-electron chi connectivity index (χ2n) is 13.3. The first-order chi connectivity index (χ1) is 26.3. The number of hydrogen-bond acceptors (Lipinski definition) is 3. The van der Waals surface area contributed by atoms with E-state index in [1.807, 2.05) is 22.7 Å². The lowest BCUT2D eigenvalue weighted by atomic mass is 9.94. The summed E-state index contributed by atoms with van der Waals surface area (Å²) in [4.78, 5) is 2.46. The summed E-state index contributed by atoms with van der Waals surface area (Å²) in [5.41, 5.74) is 10.7. The summed E-state index contributed by atoms with van der Waals surface area (Å²) in [7, 11) is 0. The fourth-order valence-electron chi connectivity index (χ4n) is 7.54. The van der Waals surface area contributed by atoms with Crippen LogP contribution < -0.4 is 4.90 Å². The predicted molar refractivity (Wildman–Crippen MR) is 232 cm³/mol. The molecule has 53 heavy (non-hydrogen) atoms. The Morgan fingerprint density at radius 2 is 1.00 bits per heavy atom. The molecule has 250 valence electrons. The fourth-order valence-corrected chi connectivity index (χ4v) is 9.74. The van der Waals surface area contributed by atoms with E-state index in [9.17, 15) is 0 Å². The summed E-state index contributed by atoms with van der Waals surface area (Å²) in [5.74, 6) is 0. The van der Waals surface area contributed by atoms with Crippen molar-refractivity contribution in [2.75, 3.05) is 4.90 Å². The second kappa shape index (κ2) is 13.4. The molecule has 0 bridgehead atoms. The van der Waals surface area contributed by atoms with Crippen LogP contribution in [0.1, 0.15) is 16.7 Å². The van der Waals surface area contributed by atoms with E-state index in [0.29, 0.717) is 0 Å². The summed E-state index contributed by atoms with van der Waals surface area (Å²) in [5, 5.41) is 5.12. The molecule has 0 spiro atoms. The molecule has 0 radical (unpaired) electrons. The van der Waals surface area contributed by atoms with Gasteiger partial charge in [0.25, 0.3) is 0 Å². The SMILES string of the molecule is C(=C(/c1ccccc1)c1ccc2sc3cccc(N(c4ccc(-c5ccccc5)cc4)c4ccc5sc6ccccc6c5c4)c3c2c1)/c1ccccc1. The van der Waals surface area contributed by atoms with Crippen molar-refractivity contribution >= 4 is 91.7 Å². The second-order valence-corrected chi connectivity index (χ2v) is 15.5. The Morgan fingerprint density at radius 3 is 1.81 bits per heavy atom. The van der Waals surface area contributed by atoms with Crippen LogP contribution in [0.25, 0.3) is 63.1 Å². The lowest BCUT2D eigenvalue weighted by molar-refractivity contribution is 1.31. The fraction of sp³-hybridized carbons (Fsp3) is 0. The van der Waals surface area contributed by atoms with E-state index in [4.69, 9.17) is 0 Å². The van der Waals surface area contributed by atoms with Gasteiger partial charge in [0.1, 0.15) is 0 Å². The number of thiophene rings is 2. The molecule has 2 heterocycles. The minimum Gasteiger partial charge on any atom is -0.310 e. The van der Waals surface area contributed by atoms with E-state index in [0.717, 1.165) is 11.4 Å². The molecule has 0 saturated carbocycles. The maximum Gasteiger partial charge on any atom is 0.0554 e. The lowest BCUT2D eigenvalue weighted by Gasteiger charge is -2.27. The third-order valence-corrected chi connectivity index (χ3v) is 12.4. The molecule has 10 aromatic rings. The Bertz CT molecular complexity index is 2920. The van der Waals surface area contributed by atoms with Gasteiger partial charge in [0.05, 0.1) is 5.69 Å². The van der Waals surface area contributed by atoms with Crippen LogP contribution in [-0.2, 0) is 0 Å². The number of hydrogen-bond donors (Lipinski definition) is 0. The van der Waals surface area contributed by atoms with E-state index in [1.54, 1.807) is 0 Å². The van der Waals surface area contributed by atoms with E-state index in [1.165, 1.54) is 79.4 Å². The van der Waals surface area contributed by atoms with Gasteiger partial charge in [0.2, 0.25) is 0 Å². The van der Waals surface area contributed by atoms with Crippen molar-refractivity contribution < 1.29 is 0 Å². The molecule has 0 aliphatic carbocycles. The van der Waals surface area contributed by atoms with Crippen molar-refractivity contribution in [2.24, 2.45) is 0 Å². The van der Waals surface area contributed by atoms with Gasteiger partial charge in [0.15, 0.2) is 0 Å². The molecule has 0 saturated heterocycles. The molecule has 1 nitrogen and oxygen atoms in total. The first-order valence-corrected chi connectivity index (χ1v) is 19.5. The molecule has 0 aliphatic rings. The largest absolute Gasteiger partial charge is 0.310 e. The smallest absolute Gasteiger partial charge is 0.0554 e. The number of fused-ring (bicyclic) bond motifs is 6. The third-order valence-electron chi connectivity index (χ3n) is 10.1. The highest BCUT2D eigenvalue weighted by Crippen LogP contribution is 2.47. The molecule has 0 aliphatic heterocycles. The third kappa shape index (κ3) is 5.81. The van der Waals surface area contributed by atoms with Crippen molar-refractivity contribution in [3.63, 3.8) is 0 Å². The van der Waals surface area contributed by atoms with Crippen LogP contribution in [-0.4, -0.2) is 0 Å². The summed E-state index contributed by atoms with van der Waals surface area (Å²) in [6, 6.07) is 70.6. The summed E-state index contributed by atoms with van der Waals surface area (Å²) < 4.78 is 5.17. The maximum atomic E-state index is 2.46. The average Bonchev–Trinajstić information content (AvgIpc) is 3.80. The number of nitrogens with zero attached hydrogens (tertiary/aromatic N) is 1. The first-order valence-electron chi connectivity index (χ1n) is 17.9. The molecule has 10 rings (SSSR count). The van der Waals surface area contributed by atoms with Crippen molar-refractivity contribution in [1.82, 2.24) is 0 Å². The van der Waals surface area contributed by atoms with Gasteiger partial charge in [-0.25, -0.2) is 0 Å². The molecule has 0 amide bonds. The zero-order valence-corrected chi connectivity index (χ0v) is 30.4. The van der Waals surface area contributed by atoms with Crippen LogP contribution in [0.4, 0.5) is 17.1 Å². The highest BCUT2D eigenvalue weighted by molar-refractivity contribution is 7.26. The Labute approximate surface area is 317 Å². The van der Waals surface area contributed by atoms with E-state index in [-0.39, 0.29) is 0 Å². The van der Waals surface area contributed by atoms with Crippen molar-refractivity contribution in [3.05, 3.63) is 211 Å². The van der Waals surface area contributed by atoms with Crippen molar-refractivity contribution in [3.8, 4) is 11.1 Å². The normalized spacial score (nSPS) is 11.9. The Kier molecular flexibility index (Phi) is 7.94. The topological polar surface area (TPSA) is 3.24 Å². The van der Waals surface area contributed by atoms with Gasteiger partial charge in [-0.2, -0.15) is 0 Å². The molecule has 8 aromatic carbocycles. The van der Waals surface area contributed by atoms with Gasteiger partial charge in [-0.3, -0.25) is 0 Å². The van der Waals surface area contributed by atoms with Crippen LogP contribution in [0.3, 0.4) is 0 Å². The zero-order valence-electron chi connectivity index (χ0n) is 28.8. The summed E-state index contributed by atoms with van der Waals surface area (Å²) in [6.07, 6.45) is 2.31. The molecule has 0 fully saturated rings. The average molecular weight is 712 g/mol. The molecule has 3 heteroatoms. The Balaban J connectivity index is 1.20. The predicted octanol–water partition coefficient (Wildman–Crippen LogP) is 15.1. The highest BCUT2D eigenvalue weighted by Gasteiger charge is 2.20. The molecular formula is C50H33NS2. The minimum absolute atomic E-state index is 1.13. The Morgan fingerprint density at radius 1 is 0.396 bits per heavy atom. The molecule has 0 N–H and O–H groups in total. The summed E-state index contributed by atoms with van der Waals surface area (Å²) in [6.45, 7) is 0. The standard InChI is InChI=1S/C50H33NS2/c1-4-13-34(14-5-1)31-42(37-17-8-3-9-18-37)38-25-29-48-44(32-38)50-45(20-12-22-49(50)53-48)51(39-26-23-36(24-27-39)35-15-6-2-7-16-35)40-28-30-47-43(33-40)41-19-10-11-21-46(41)52-47/h1-33H/b42-31+. The highest BCUT2D eigenvalue weighted by atomic mass is 32.1. The maximum absolute atomic E-state index is 2.46. The molecule has 0 atom stereocenters. The number of rotatable bonds is 7. The van der Waals surface area contributed by atoms with Gasteiger partial charge in [-0.15, -0.1) is 22.7 Å². The zero-order chi connectivity index (χ0) is 35.1. The minimum atomic E-state index is 1.13. The summed E-state index contributed by atoms with van der Waals surface area (Å²) >= 11 is 3.72. The first kappa shape index (κ1) is 31.5. The molecule has 0 unspecified atom stereocenters. The van der Waals surface area contributed by atoms with Crippen molar-refractivity contribution in [1.29, 1.82) is 0 Å². The van der Waals surface area contributed by atoms with E-state index < -0.39 is 0 Å². The van der Waals surface area contributed by atoms with Crippen LogP contribution in [0.15, 0.2) is 194 Å². The van der Waals surface area contributed by atoms with Crippen LogP contribution in [0.5, 0.6) is 0 Å². The van der Waals surface area contributed by atoms with Crippen LogP contribution >= 0.6 is 22.7 Å². The quantitative estimate of drug-likeness (QED) is 0.149. The van der Waals surface area contributed by atoms with Crippen LogP contribution in [0, 0.1) is 0 Å². The molecular weight excluding hydrogens is 679 g/mol. The number of benzene rings is 8. The monoisotopic (exact) mass is 711 g/mol. The molecule has 2 aromatic heterocycles. The van der Waals surface area contributed by atoms with Gasteiger partial charge in [0, 0.05) is 51.7 Å². The van der Waals surface area contributed by atoms with Gasteiger partial charge in [-0.05, 0) is 100 Å². The van der Waals surface area contributed by atoms with Crippen LogP contribution in [0.2, 0.25) is 0 Å². The van der Waals surface area contributed by atoms with Gasteiger partial charge in [-0.1, -0.05) is 133 Å². The number of anilines is 3. The Hall–Kier alpha value is -6.26.